The molecular weight excluding hydrogens is 262 g/mol. The SMILES string of the molecule is Cc1cc2ccc(C#Cc3ccc(C#N)cc3)cc2s1. The first-order valence-electron chi connectivity index (χ1n) is 6.27. The van der Waals surface area contributed by atoms with Crippen molar-refractivity contribution in [1.29, 1.82) is 5.26 Å². The quantitative estimate of drug-likeness (QED) is 0.554. The van der Waals surface area contributed by atoms with E-state index in [1.54, 1.807) is 23.5 Å². The molecular formula is C18H11NS. The lowest BCUT2D eigenvalue weighted by Crippen LogP contribution is -1.77. The highest BCUT2D eigenvalue weighted by molar-refractivity contribution is 7.19. The van der Waals surface area contributed by atoms with Gasteiger partial charge in [0.15, 0.2) is 0 Å². The average Bonchev–Trinajstić information content (AvgIpc) is 2.85. The minimum atomic E-state index is 0.658. The molecule has 94 valence electrons. The maximum atomic E-state index is 8.75. The van der Waals surface area contributed by atoms with Gasteiger partial charge in [-0.2, -0.15) is 5.26 Å². The normalized spacial score (nSPS) is 9.80. The van der Waals surface area contributed by atoms with Crippen molar-refractivity contribution in [3.8, 4) is 17.9 Å². The Balaban J connectivity index is 1.92. The fourth-order valence-electron chi connectivity index (χ4n) is 2.01. The molecule has 20 heavy (non-hydrogen) atoms. The van der Waals surface area contributed by atoms with Gasteiger partial charge in [-0.1, -0.05) is 17.9 Å². The lowest BCUT2D eigenvalue weighted by Gasteiger charge is -1.92. The van der Waals surface area contributed by atoms with Crippen LogP contribution in [0.15, 0.2) is 48.5 Å². The van der Waals surface area contributed by atoms with Crippen molar-refractivity contribution >= 4 is 21.4 Å². The maximum Gasteiger partial charge on any atom is 0.0991 e. The summed E-state index contributed by atoms with van der Waals surface area (Å²) < 4.78 is 1.27. The van der Waals surface area contributed by atoms with Crippen LogP contribution in [0.4, 0.5) is 0 Å². The van der Waals surface area contributed by atoms with Gasteiger partial charge in [-0.25, -0.2) is 0 Å². The van der Waals surface area contributed by atoms with E-state index < -0.39 is 0 Å². The topological polar surface area (TPSA) is 23.8 Å². The van der Waals surface area contributed by atoms with Crippen LogP contribution in [0.2, 0.25) is 0 Å². The van der Waals surface area contributed by atoms with Crippen LogP contribution in [0.25, 0.3) is 10.1 Å². The second-order valence-corrected chi connectivity index (χ2v) is 5.84. The second kappa shape index (κ2) is 5.21. The third-order valence-electron chi connectivity index (χ3n) is 3.01. The molecule has 0 saturated carbocycles. The van der Waals surface area contributed by atoms with Crippen LogP contribution in [0.3, 0.4) is 0 Å². The molecule has 0 bridgehead atoms. The number of nitriles is 1. The standard InChI is InChI=1S/C18H11NS/c1-13-10-17-9-8-15(11-18(17)20-13)5-2-14-3-6-16(12-19)7-4-14/h3-4,6-11H,1H3. The van der Waals surface area contributed by atoms with Crippen molar-refractivity contribution in [2.75, 3.05) is 0 Å². The second-order valence-electron chi connectivity index (χ2n) is 4.55. The molecule has 2 heteroatoms. The van der Waals surface area contributed by atoms with Gasteiger partial charge in [-0.15, -0.1) is 11.3 Å². The molecule has 0 unspecified atom stereocenters. The van der Waals surface area contributed by atoms with E-state index in [1.807, 2.05) is 18.2 Å². The summed E-state index contributed by atoms with van der Waals surface area (Å²) in [7, 11) is 0. The zero-order chi connectivity index (χ0) is 13.9. The highest BCUT2D eigenvalue weighted by Crippen LogP contribution is 2.25. The summed E-state index contributed by atoms with van der Waals surface area (Å²) in [6.07, 6.45) is 0. The third-order valence-corrected chi connectivity index (χ3v) is 4.02. The number of thiophene rings is 1. The van der Waals surface area contributed by atoms with Gasteiger partial charge in [-0.05, 0) is 54.8 Å². The molecule has 0 atom stereocenters. The smallest absolute Gasteiger partial charge is 0.0991 e. The fourth-order valence-corrected chi connectivity index (χ4v) is 2.98. The van der Waals surface area contributed by atoms with Crippen molar-refractivity contribution in [2.45, 2.75) is 6.92 Å². The Morgan fingerprint density at radius 3 is 2.25 bits per heavy atom. The molecule has 3 rings (SSSR count). The van der Waals surface area contributed by atoms with Crippen molar-refractivity contribution in [1.82, 2.24) is 0 Å². The number of nitrogens with zero attached hydrogens (tertiary/aromatic N) is 1. The largest absolute Gasteiger partial charge is 0.192 e. The lowest BCUT2D eigenvalue weighted by molar-refractivity contribution is 1.48. The molecule has 0 fully saturated rings. The van der Waals surface area contributed by atoms with Gasteiger partial charge in [0, 0.05) is 20.7 Å². The number of hydrogen-bond acceptors (Lipinski definition) is 2. The van der Waals surface area contributed by atoms with Gasteiger partial charge < -0.3 is 0 Å². The molecule has 0 spiro atoms. The predicted molar refractivity (Wildman–Crippen MR) is 83.7 cm³/mol. The van der Waals surface area contributed by atoms with Crippen LogP contribution in [0.5, 0.6) is 0 Å². The maximum absolute atomic E-state index is 8.75. The number of aryl methyl sites for hydroxylation is 1. The molecule has 1 nitrogen and oxygen atoms in total. The van der Waals surface area contributed by atoms with Crippen molar-refractivity contribution in [3.63, 3.8) is 0 Å². The van der Waals surface area contributed by atoms with Crippen LogP contribution in [0.1, 0.15) is 21.6 Å². The highest BCUT2D eigenvalue weighted by atomic mass is 32.1. The number of rotatable bonds is 0. The van der Waals surface area contributed by atoms with Crippen molar-refractivity contribution < 1.29 is 0 Å². The van der Waals surface area contributed by atoms with E-state index in [2.05, 4.69) is 43.0 Å². The molecule has 3 aromatic rings. The minimum absolute atomic E-state index is 0.658. The van der Waals surface area contributed by atoms with Crippen LogP contribution in [0, 0.1) is 30.1 Å². The summed E-state index contributed by atoms with van der Waals surface area (Å²) in [5, 5.41) is 10.0. The van der Waals surface area contributed by atoms with Gasteiger partial charge in [0.05, 0.1) is 11.6 Å². The van der Waals surface area contributed by atoms with Gasteiger partial charge in [0.25, 0.3) is 0 Å². The average molecular weight is 273 g/mol. The molecule has 1 aromatic heterocycles. The molecule has 0 saturated heterocycles. The van der Waals surface area contributed by atoms with E-state index in [-0.39, 0.29) is 0 Å². The fraction of sp³-hybridized carbons (Fsp3) is 0.0556. The number of benzene rings is 2. The molecule has 1 heterocycles. The van der Waals surface area contributed by atoms with Crippen LogP contribution >= 0.6 is 11.3 Å². The first kappa shape index (κ1) is 12.5. The Kier molecular flexibility index (Phi) is 3.25. The first-order valence-corrected chi connectivity index (χ1v) is 7.09. The van der Waals surface area contributed by atoms with E-state index in [0.717, 1.165) is 11.1 Å². The molecule has 0 aliphatic carbocycles. The van der Waals surface area contributed by atoms with E-state index >= 15 is 0 Å². The number of fused-ring (bicyclic) bond motifs is 1. The molecule has 0 aliphatic heterocycles. The monoisotopic (exact) mass is 273 g/mol. The summed E-state index contributed by atoms with van der Waals surface area (Å²) in [4.78, 5) is 1.32. The van der Waals surface area contributed by atoms with Gasteiger partial charge in [0.2, 0.25) is 0 Å². The van der Waals surface area contributed by atoms with Gasteiger partial charge in [0.1, 0.15) is 0 Å². The summed E-state index contributed by atoms with van der Waals surface area (Å²) in [5.41, 5.74) is 2.60. The lowest BCUT2D eigenvalue weighted by atomic mass is 10.1. The Morgan fingerprint density at radius 1 is 0.850 bits per heavy atom. The minimum Gasteiger partial charge on any atom is -0.192 e. The van der Waals surface area contributed by atoms with Crippen molar-refractivity contribution in [3.05, 3.63) is 70.1 Å². The Bertz CT molecular complexity index is 868. The first-order chi connectivity index (χ1) is 9.74. The summed E-state index contributed by atoms with van der Waals surface area (Å²) in [5.74, 6) is 6.30. The molecule has 0 aliphatic rings. The highest BCUT2D eigenvalue weighted by Gasteiger charge is 1.98. The zero-order valence-electron chi connectivity index (χ0n) is 11.0. The van der Waals surface area contributed by atoms with E-state index in [0.29, 0.717) is 5.56 Å². The predicted octanol–water partition coefficient (Wildman–Crippen LogP) is 4.48. The third kappa shape index (κ3) is 2.57. The van der Waals surface area contributed by atoms with E-state index in [4.69, 9.17) is 5.26 Å². The summed E-state index contributed by atoms with van der Waals surface area (Å²) in [6.45, 7) is 2.12. The summed E-state index contributed by atoms with van der Waals surface area (Å²) in [6, 6.07) is 17.9. The van der Waals surface area contributed by atoms with Gasteiger partial charge >= 0.3 is 0 Å². The van der Waals surface area contributed by atoms with Crippen LogP contribution < -0.4 is 0 Å². The molecule has 0 radical (unpaired) electrons. The van der Waals surface area contributed by atoms with Crippen LogP contribution in [-0.4, -0.2) is 0 Å². The Labute approximate surface area is 122 Å². The molecule has 0 N–H and O–H groups in total. The zero-order valence-corrected chi connectivity index (χ0v) is 11.8. The molecule has 0 amide bonds. The van der Waals surface area contributed by atoms with Gasteiger partial charge in [-0.3, -0.25) is 0 Å². The Morgan fingerprint density at radius 2 is 1.50 bits per heavy atom. The van der Waals surface area contributed by atoms with Crippen molar-refractivity contribution in [2.24, 2.45) is 0 Å². The molecule has 2 aromatic carbocycles. The van der Waals surface area contributed by atoms with E-state index in [1.165, 1.54) is 15.0 Å². The number of hydrogen-bond donors (Lipinski definition) is 0. The Hall–Kier alpha value is -2.55. The van der Waals surface area contributed by atoms with E-state index in [9.17, 15) is 0 Å². The summed E-state index contributed by atoms with van der Waals surface area (Å²) >= 11 is 1.79. The van der Waals surface area contributed by atoms with Crippen LogP contribution in [-0.2, 0) is 0 Å².